The Kier molecular flexibility index (Phi) is 11.9. The topological polar surface area (TPSA) is 89.3 Å². The van der Waals surface area contributed by atoms with Crippen LogP contribution in [0.2, 0.25) is 5.02 Å². The number of benzene rings is 1. The highest BCUT2D eigenvalue weighted by molar-refractivity contribution is 6.31. The molecule has 2 aromatic rings. The Hall–Kier alpha value is -2.31. The van der Waals surface area contributed by atoms with E-state index in [0.717, 1.165) is 11.3 Å². The minimum absolute atomic E-state index is 0.403. The molecule has 1 heterocycles. The first-order chi connectivity index (χ1) is 11.6. The number of anilines is 1. The predicted molar refractivity (Wildman–Crippen MR) is 99.0 cm³/mol. The van der Waals surface area contributed by atoms with Crippen molar-refractivity contribution in [2.45, 2.75) is 27.4 Å². The summed E-state index contributed by atoms with van der Waals surface area (Å²) in [6.07, 6.45) is 3.67. The predicted octanol–water partition coefficient (Wildman–Crippen LogP) is 3.30. The summed E-state index contributed by atoms with van der Waals surface area (Å²) in [5.41, 5.74) is 5.12. The second kappa shape index (κ2) is 13.2. The zero-order valence-corrected chi connectivity index (χ0v) is 15.2. The maximum atomic E-state index is 8.94. The van der Waals surface area contributed by atoms with Crippen molar-refractivity contribution in [3.8, 4) is 5.75 Å². The van der Waals surface area contributed by atoms with E-state index in [1.54, 1.807) is 23.9 Å². The molecule has 0 saturated heterocycles. The van der Waals surface area contributed by atoms with Crippen LogP contribution in [0.5, 0.6) is 5.75 Å². The van der Waals surface area contributed by atoms with Crippen LogP contribution in [-0.4, -0.2) is 18.4 Å². The van der Waals surface area contributed by atoms with Gasteiger partial charge in [-0.15, -0.1) is 0 Å². The van der Waals surface area contributed by atoms with Gasteiger partial charge in [-0.1, -0.05) is 37.6 Å². The Bertz CT molecular complexity index is 609. The lowest BCUT2D eigenvalue weighted by Crippen LogP contribution is -2.18. The Labute approximate surface area is 148 Å². The number of aromatic nitrogens is 1. The van der Waals surface area contributed by atoms with Crippen LogP contribution in [0.3, 0.4) is 0 Å². The summed E-state index contributed by atoms with van der Waals surface area (Å²) in [6, 6.07) is 7.82. The third-order valence-corrected chi connectivity index (χ3v) is 3.17. The summed E-state index contributed by atoms with van der Waals surface area (Å²) in [6.45, 7) is 6.53. The molecule has 132 valence electrons. The largest absolute Gasteiger partial charge is 0.486 e. The van der Waals surface area contributed by atoms with Crippen LogP contribution in [0.4, 0.5) is 5.69 Å². The van der Waals surface area contributed by atoms with Crippen molar-refractivity contribution in [2.24, 2.45) is 5.84 Å². The van der Waals surface area contributed by atoms with Crippen molar-refractivity contribution in [3.63, 3.8) is 0 Å². The molecule has 2 rings (SSSR count). The highest BCUT2D eigenvalue weighted by Gasteiger charge is 2.07. The fourth-order valence-electron chi connectivity index (χ4n) is 1.75. The molecule has 24 heavy (non-hydrogen) atoms. The molecule has 1 aromatic carbocycles. The average molecular weight is 353 g/mol. The van der Waals surface area contributed by atoms with Crippen molar-refractivity contribution < 1.29 is 9.53 Å². The first kappa shape index (κ1) is 21.7. The number of nitrogens with zero attached hydrogens (tertiary/aromatic N) is 1. The molecular weight excluding hydrogens is 328 g/mol. The molecule has 0 fully saturated rings. The molecule has 0 aliphatic heterocycles. The first-order valence-corrected chi connectivity index (χ1v) is 7.90. The van der Waals surface area contributed by atoms with Gasteiger partial charge in [0, 0.05) is 24.5 Å². The van der Waals surface area contributed by atoms with Crippen molar-refractivity contribution in [3.05, 3.63) is 52.8 Å². The smallest absolute Gasteiger partial charge is 0.221 e. The average Bonchev–Trinajstić information content (AvgIpc) is 2.63. The van der Waals surface area contributed by atoms with Crippen LogP contribution < -0.4 is 21.3 Å². The first-order valence-electron chi connectivity index (χ1n) is 7.52. The number of nitrogens with one attached hydrogen (secondary N) is 2. The molecule has 0 spiro atoms. The van der Waals surface area contributed by atoms with Gasteiger partial charge in [0.25, 0.3) is 0 Å². The molecule has 4 N–H and O–H groups in total. The lowest BCUT2D eigenvalue weighted by atomic mass is 10.1. The zero-order valence-electron chi connectivity index (χ0n) is 14.5. The standard InChI is InChI=1S/C14H15ClN2O.C2H6.CH4N2O/c1-10-4-3-5-13(16-2)11(10)9-18-14-8-17-7-6-12(14)15;1-2;2-3-1-4/h3-8,16H,9H2,1-2H3;1-2H3;1H,2H2,(H,3,4). The number of amides is 1. The quantitative estimate of drug-likeness (QED) is 0.332. The SMILES string of the molecule is CC.CNc1cccc(C)c1COc1cnccc1Cl.NNC=O. The number of nitrogens with two attached hydrogens (primary N) is 1. The molecule has 0 atom stereocenters. The maximum absolute atomic E-state index is 8.94. The Morgan fingerprint density at radius 1 is 1.33 bits per heavy atom. The number of pyridine rings is 1. The van der Waals surface area contributed by atoms with E-state index in [2.05, 4.69) is 29.1 Å². The van der Waals surface area contributed by atoms with Gasteiger partial charge < -0.3 is 10.1 Å². The molecule has 0 aliphatic carbocycles. The zero-order chi connectivity index (χ0) is 18.4. The van der Waals surface area contributed by atoms with E-state index in [4.69, 9.17) is 21.1 Å². The van der Waals surface area contributed by atoms with Gasteiger partial charge in [-0.25, -0.2) is 5.84 Å². The molecule has 0 aliphatic rings. The number of hydrogen-bond donors (Lipinski definition) is 3. The number of rotatable bonds is 5. The van der Waals surface area contributed by atoms with Crippen molar-refractivity contribution >= 4 is 23.7 Å². The van der Waals surface area contributed by atoms with Crippen LogP contribution in [0.25, 0.3) is 0 Å². The molecule has 0 saturated carbocycles. The second-order valence-electron chi connectivity index (χ2n) is 4.23. The number of ether oxygens (including phenoxy) is 1. The van der Waals surface area contributed by atoms with E-state index in [0.29, 0.717) is 23.8 Å². The molecule has 0 radical (unpaired) electrons. The lowest BCUT2D eigenvalue weighted by molar-refractivity contribution is -0.109. The van der Waals surface area contributed by atoms with Crippen molar-refractivity contribution in [1.82, 2.24) is 10.4 Å². The number of hydrazine groups is 1. The summed E-state index contributed by atoms with van der Waals surface area (Å²) >= 11 is 6.02. The van der Waals surface area contributed by atoms with Gasteiger partial charge >= 0.3 is 0 Å². The van der Waals surface area contributed by atoms with Gasteiger partial charge in [0.2, 0.25) is 6.41 Å². The Morgan fingerprint density at radius 2 is 2.00 bits per heavy atom. The molecular formula is C17H25ClN4O2. The Morgan fingerprint density at radius 3 is 2.54 bits per heavy atom. The number of aryl methyl sites for hydroxylation is 1. The van der Waals surface area contributed by atoms with E-state index in [1.165, 1.54) is 5.56 Å². The van der Waals surface area contributed by atoms with Crippen LogP contribution in [-0.2, 0) is 11.4 Å². The van der Waals surface area contributed by atoms with Gasteiger partial charge in [0.05, 0.1) is 11.2 Å². The summed E-state index contributed by atoms with van der Waals surface area (Å²) in [5, 5.41) is 3.73. The summed E-state index contributed by atoms with van der Waals surface area (Å²) in [4.78, 5) is 12.9. The van der Waals surface area contributed by atoms with Gasteiger partial charge in [-0.3, -0.25) is 15.2 Å². The van der Waals surface area contributed by atoms with Crippen LogP contribution in [0, 0.1) is 6.92 Å². The van der Waals surface area contributed by atoms with Gasteiger partial charge in [-0.2, -0.15) is 0 Å². The molecule has 1 amide bonds. The van der Waals surface area contributed by atoms with E-state index in [-0.39, 0.29) is 0 Å². The molecule has 7 heteroatoms. The molecule has 0 unspecified atom stereocenters. The van der Waals surface area contributed by atoms with E-state index in [9.17, 15) is 0 Å². The normalized spacial score (nSPS) is 8.75. The monoisotopic (exact) mass is 352 g/mol. The fourth-order valence-corrected chi connectivity index (χ4v) is 1.91. The van der Waals surface area contributed by atoms with Crippen LogP contribution >= 0.6 is 11.6 Å². The van der Waals surface area contributed by atoms with Gasteiger partial charge in [-0.05, 0) is 24.6 Å². The summed E-state index contributed by atoms with van der Waals surface area (Å²) in [7, 11) is 1.90. The highest BCUT2D eigenvalue weighted by atomic mass is 35.5. The fraction of sp³-hybridized carbons (Fsp3) is 0.294. The highest BCUT2D eigenvalue weighted by Crippen LogP contribution is 2.25. The maximum Gasteiger partial charge on any atom is 0.221 e. The number of carbonyl (C=O) groups excluding carboxylic acids is 1. The van der Waals surface area contributed by atoms with E-state index < -0.39 is 0 Å². The summed E-state index contributed by atoms with van der Waals surface area (Å²) < 4.78 is 5.71. The van der Waals surface area contributed by atoms with Gasteiger partial charge in [0.15, 0.2) is 5.75 Å². The third-order valence-electron chi connectivity index (χ3n) is 2.85. The molecule has 0 bridgehead atoms. The second-order valence-corrected chi connectivity index (χ2v) is 4.64. The van der Waals surface area contributed by atoms with Crippen molar-refractivity contribution in [2.75, 3.05) is 12.4 Å². The van der Waals surface area contributed by atoms with Crippen molar-refractivity contribution in [1.29, 1.82) is 0 Å². The van der Waals surface area contributed by atoms with E-state index >= 15 is 0 Å². The minimum Gasteiger partial charge on any atom is -0.486 e. The van der Waals surface area contributed by atoms with Gasteiger partial charge in [0.1, 0.15) is 6.61 Å². The molecule has 6 nitrogen and oxygen atoms in total. The number of halogens is 1. The Balaban J connectivity index is 0.000000773. The minimum atomic E-state index is 0.403. The van der Waals surface area contributed by atoms with Crippen LogP contribution in [0.15, 0.2) is 36.7 Å². The number of carbonyl (C=O) groups is 1. The van der Waals surface area contributed by atoms with Crippen LogP contribution in [0.1, 0.15) is 25.0 Å². The number of hydrogen-bond acceptors (Lipinski definition) is 5. The molecule has 1 aromatic heterocycles. The van der Waals surface area contributed by atoms with E-state index in [1.807, 2.05) is 33.0 Å². The lowest BCUT2D eigenvalue weighted by Gasteiger charge is -2.13. The third kappa shape index (κ3) is 7.30. The summed E-state index contributed by atoms with van der Waals surface area (Å²) in [5.74, 6) is 5.01.